The maximum absolute atomic E-state index is 6.39. The molecule has 3 aromatic rings. The van der Waals surface area contributed by atoms with Gasteiger partial charge in [-0.3, -0.25) is 4.99 Å². The fourth-order valence-electron chi connectivity index (χ4n) is 3.56. The summed E-state index contributed by atoms with van der Waals surface area (Å²) in [5, 5.41) is 4.86. The number of hydrogen-bond acceptors (Lipinski definition) is 4. The highest BCUT2D eigenvalue weighted by Crippen LogP contribution is 2.34. The van der Waals surface area contributed by atoms with Crippen LogP contribution in [0.1, 0.15) is 17.3 Å². The molecule has 3 heterocycles. The number of aromatic amines is 1. The normalized spacial score (nSPS) is 17.3. The number of fused-ring (bicyclic) bond motifs is 1. The molecule has 1 saturated heterocycles. The predicted molar refractivity (Wildman–Crippen MR) is 110 cm³/mol. The van der Waals surface area contributed by atoms with Crippen LogP contribution in [-0.4, -0.2) is 40.7 Å². The summed E-state index contributed by atoms with van der Waals surface area (Å²) in [6, 6.07) is 13.5. The average Bonchev–Trinajstić information content (AvgIpc) is 3.04. The van der Waals surface area contributed by atoms with Crippen LogP contribution in [0.25, 0.3) is 16.7 Å². The molecular weight excluding hydrogens is 381 g/mol. The highest BCUT2D eigenvalue weighted by atomic mass is 35.5. The van der Waals surface area contributed by atoms with Gasteiger partial charge in [0.25, 0.3) is 0 Å². The van der Waals surface area contributed by atoms with Crippen LogP contribution in [0, 0.1) is 0 Å². The lowest BCUT2D eigenvalue weighted by Gasteiger charge is -2.42. The Morgan fingerprint density at radius 3 is 2.78 bits per heavy atom. The molecule has 5 nitrogen and oxygen atoms in total. The van der Waals surface area contributed by atoms with E-state index in [1.165, 1.54) is 0 Å². The number of rotatable bonds is 3. The number of hydrogen-bond donors (Lipinski definition) is 2. The van der Waals surface area contributed by atoms with Gasteiger partial charge in [0.2, 0.25) is 0 Å². The number of benzene rings is 2. The van der Waals surface area contributed by atoms with E-state index in [0.29, 0.717) is 22.5 Å². The Bertz CT molecular complexity index is 1080. The number of imidazole rings is 1. The Morgan fingerprint density at radius 2 is 1.93 bits per heavy atom. The molecule has 0 spiro atoms. The first-order valence-corrected chi connectivity index (χ1v) is 9.60. The van der Waals surface area contributed by atoms with Gasteiger partial charge in [-0.15, -0.1) is 0 Å². The molecule has 27 heavy (non-hydrogen) atoms. The molecule has 0 aliphatic carbocycles. The van der Waals surface area contributed by atoms with Gasteiger partial charge in [0.05, 0.1) is 28.5 Å². The van der Waals surface area contributed by atoms with E-state index in [4.69, 9.17) is 28.2 Å². The van der Waals surface area contributed by atoms with E-state index in [0.717, 1.165) is 47.0 Å². The van der Waals surface area contributed by atoms with Gasteiger partial charge in [-0.25, -0.2) is 4.98 Å². The highest BCUT2D eigenvalue weighted by Gasteiger charge is 2.34. The molecule has 0 saturated carbocycles. The smallest absolute Gasteiger partial charge is 0.129 e. The van der Waals surface area contributed by atoms with Gasteiger partial charge >= 0.3 is 0 Å². The molecule has 0 amide bonds. The average molecular weight is 398 g/mol. The van der Waals surface area contributed by atoms with Crippen LogP contribution in [0.15, 0.2) is 53.3 Å². The molecule has 2 aliphatic rings. The largest absolute Gasteiger partial charge is 0.365 e. The summed E-state index contributed by atoms with van der Waals surface area (Å²) in [6.45, 7) is 2.46. The van der Waals surface area contributed by atoms with Crippen molar-refractivity contribution in [2.75, 3.05) is 19.6 Å². The second-order valence-corrected chi connectivity index (χ2v) is 7.60. The number of aromatic nitrogens is 2. The SMILES string of the molecule is Clc1ccc2[nH]c(C3CN(C4=C(c5ccccc5Cl)N=CCN4)C3)nc2c1. The van der Waals surface area contributed by atoms with E-state index in [9.17, 15) is 0 Å². The summed E-state index contributed by atoms with van der Waals surface area (Å²) in [5.74, 6) is 2.38. The molecule has 0 unspecified atom stereocenters. The van der Waals surface area contributed by atoms with Crippen molar-refractivity contribution in [1.82, 2.24) is 20.2 Å². The van der Waals surface area contributed by atoms with Gasteiger partial charge in [-0.05, 0) is 24.3 Å². The van der Waals surface area contributed by atoms with Gasteiger partial charge < -0.3 is 15.2 Å². The molecule has 1 fully saturated rings. The number of nitrogens with zero attached hydrogens (tertiary/aromatic N) is 3. The minimum Gasteiger partial charge on any atom is -0.365 e. The van der Waals surface area contributed by atoms with Crippen LogP contribution in [0.3, 0.4) is 0 Å². The maximum atomic E-state index is 6.39. The molecule has 5 rings (SSSR count). The molecule has 0 bridgehead atoms. The van der Waals surface area contributed by atoms with E-state index in [2.05, 4.69) is 20.2 Å². The lowest BCUT2D eigenvalue weighted by Crippen LogP contribution is -2.49. The molecule has 1 aromatic heterocycles. The zero-order chi connectivity index (χ0) is 18.4. The van der Waals surface area contributed by atoms with Crippen LogP contribution < -0.4 is 5.32 Å². The van der Waals surface area contributed by atoms with Crippen molar-refractivity contribution in [2.45, 2.75) is 5.92 Å². The van der Waals surface area contributed by atoms with E-state index in [1.54, 1.807) is 0 Å². The maximum Gasteiger partial charge on any atom is 0.129 e. The third kappa shape index (κ3) is 2.97. The predicted octanol–water partition coefficient (Wildman–Crippen LogP) is 4.27. The van der Waals surface area contributed by atoms with Crippen LogP contribution in [0.5, 0.6) is 0 Å². The van der Waals surface area contributed by atoms with Crippen molar-refractivity contribution >= 4 is 46.1 Å². The number of nitrogens with one attached hydrogen (secondary N) is 2. The minimum atomic E-state index is 0.351. The molecule has 7 heteroatoms. The first kappa shape index (κ1) is 16.7. The molecule has 0 radical (unpaired) electrons. The summed E-state index contributed by atoms with van der Waals surface area (Å²) in [7, 11) is 0. The van der Waals surface area contributed by atoms with Gasteiger partial charge in [-0.1, -0.05) is 41.4 Å². The van der Waals surface area contributed by atoms with E-state index in [-0.39, 0.29) is 0 Å². The molecular formula is C20H17Cl2N5. The van der Waals surface area contributed by atoms with Crippen molar-refractivity contribution in [2.24, 2.45) is 4.99 Å². The lowest BCUT2D eigenvalue weighted by molar-refractivity contribution is 0.182. The van der Waals surface area contributed by atoms with E-state index < -0.39 is 0 Å². The monoisotopic (exact) mass is 397 g/mol. The Labute approximate surface area is 166 Å². The Balaban J connectivity index is 1.41. The molecule has 2 aliphatic heterocycles. The Morgan fingerprint density at radius 1 is 1.07 bits per heavy atom. The zero-order valence-corrected chi connectivity index (χ0v) is 15.9. The van der Waals surface area contributed by atoms with E-state index in [1.807, 2.05) is 48.7 Å². The third-order valence-corrected chi connectivity index (χ3v) is 5.55. The Kier molecular flexibility index (Phi) is 4.06. The van der Waals surface area contributed by atoms with Crippen LogP contribution in [-0.2, 0) is 0 Å². The topological polar surface area (TPSA) is 56.3 Å². The van der Waals surface area contributed by atoms with Crippen LogP contribution >= 0.6 is 23.2 Å². The zero-order valence-electron chi connectivity index (χ0n) is 14.4. The summed E-state index contributed by atoms with van der Waals surface area (Å²) in [5.41, 5.74) is 3.76. The summed E-state index contributed by atoms with van der Waals surface area (Å²) in [4.78, 5) is 15.0. The second-order valence-electron chi connectivity index (χ2n) is 6.76. The third-order valence-electron chi connectivity index (χ3n) is 4.98. The van der Waals surface area contributed by atoms with Crippen molar-refractivity contribution in [3.05, 3.63) is 69.7 Å². The first-order chi connectivity index (χ1) is 13.2. The molecule has 2 aromatic carbocycles. The van der Waals surface area contributed by atoms with Crippen molar-refractivity contribution in [3.8, 4) is 0 Å². The van der Waals surface area contributed by atoms with Gasteiger partial charge in [0.1, 0.15) is 17.3 Å². The van der Waals surface area contributed by atoms with Crippen LogP contribution in [0.4, 0.5) is 0 Å². The lowest BCUT2D eigenvalue weighted by atomic mass is 9.98. The Hall–Kier alpha value is -2.50. The fourth-order valence-corrected chi connectivity index (χ4v) is 3.95. The summed E-state index contributed by atoms with van der Waals surface area (Å²) >= 11 is 12.5. The standard InChI is InChI=1S/C20H17Cl2N5/c21-13-5-6-16-17(9-13)26-19(25-16)12-10-27(11-12)20-18(23-7-8-24-20)14-3-1-2-4-15(14)22/h1-7,9,12,24H,8,10-11H2,(H,25,26). The van der Waals surface area contributed by atoms with Crippen LogP contribution in [0.2, 0.25) is 10.0 Å². The second kappa shape index (κ2) is 6.59. The first-order valence-electron chi connectivity index (χ1n) is 8.85. The fraction of sp³-hybridized carbons (Fsp3) is 0.200. The van der Waals surface area contributed by atoms with Gasteiger partial charge in [-0.2, -0.15) is 0 Å². The van der Waals surface area contributed by atoms with Crippen molar-refractivity contribution in [1.29, 1.82) is 0 Å². The summed E-state index contributed by atoms with van der Waals surface area (Å²) < 4.78 is 0. The number of halogens is 2. The summed E-state index contributed by atoms with van der Waals surface area (Å²) in [6.07, 6.45) is 1.88. The highest BCUT2D eigenvalue weighted by molar-refractivity contribution is 6.32. The number of H-pyrrole nitrogens is 1. The number of likely N-dealkylation sites (tertiary alicyclic amines) is 1. The molecule has 0 atom stereocenters. The minimum absolute atomic E-state index is 0.351. The quantitative estimate of drug-likeness (QED) is 0.693. The number of aliphatic imine (C=N–C) groups is 1. The van der Waals surface area contributed by atoms with Crippen molar-refractivity contribution < 1.29 is 0 Å². The van der Waals surface area contributed by atoms with Gasteiger partial charge in [0, 0.05) is 29.9 Å². The molecule has 2 N–H and O–H groups in total. The van der Waals surface area contributed by atoms with Crippen molar-refractivity contribution in [3.63, 3.8) is 0 Å². The van der Waals surface area contributed by atoms with Gasteiger partial charge in [0.15, 0.2) is 0 Å². The molecule has 136 valence electrons. The van der Waals surface area contributed by atoms with E-state index >= 15 is 0 Å².